The van der Waals surface area contributed by atoms with Crippen molar-refractivity contribution < 1.29 is 9.90 Å². The van der Waals surface area contributed by atoms with Crippen LogP contribution < -0.4 is 5.69 Å². The van der Waals surface area contributed by atoms with Gasteiger partial charge in [-0.15, -0.1) is 0 Å². The van der Waals surface area contributed by atoms with Crippen LogP contribution in [0.4, 0.5) is 0 Å². The summed E-state index contributed by atoms with van der Waals surface area (Å²) in [5, 5.41) is 20.2. The van der Waals surface area contributed by atoms with Crippen molar-refractivity contribution >= 4 is 28.0 Å². The average Bonchev–Trinajstić information content (AvgIpc) is 3.42. The Balaban J connectivity index is 1.80. The zero-order valence-corrected chi connectivity index (χ0v) is 19.3. The predicted molar refractivity (Wildman–Crippen MR) is 132 cm³/mol. The number of benzene rings is 2. The van der Waals surface area contributed by atoms with Crippen molar-refractivity contribution in [2.75, 3.05) is 0 Å². The fourth-order valence-electron chi connectivity index (χ4n) is 4.90. The van der Waals surface area contributed by atoms with Crippen molar-refractivity contribution in [3.8, 4) is 6.07 Å². The zero-order valence-electron chi connectivity index (χ0n) is 19.3. The summed E-state index contributed by atoms with van der Waals surface area (Å²) >= 11 is 0. The Bertz CT molecular complexity index is 1670. The molecule has 0 fully saturated rings. The van der Waals surface area contributed by atoms with E-state index >= 15 is 0 Å². The van der Waals surface area contributed by atoms with E-state index in [0.29, 0.717) is 11.1 Å². The number of nitrogens with zero attached hydrogens (tertiary/aromatic N) is 4. The van der Waals surface area contributed by atoms with E-state index in [-0.39, 0.29) is 29.5 Å². The number of aromatic nitrogens is 4. The van der Waals surface area contributed by atoms with Crippen LogP contribution in [0.25, 0.3) is 22.1 Å². The number of aliphatic carboxylic acids is 1. The molecule has 0 aliphatic carbocycles. The molecule has 2 N–H and O–H groups in total. The number of imidazole rings is 1. The van der Waals surface area contributed by atoms with Gasteiger partial charge in [0, 0.05) is 22.7 Å². The second kappa shape index (κ2) is 8.61. The third-order valence-electron chi connectivity index (χ3n) is 6.51. The molecule has 0 saturated heterocycles. The maximum atomic E-state index is 14.0. The minimum absolute atomic E-state index is 0.154. The third kappa shape index (κ3) is 3.67. The van der Waals surface area contributed by atoms with Gasteiger partial charge in [-0.1, -0.05) is 42.5 Å². The maximum absolute atomic E-state index is 14.0. The van der Waals surface area contributed by atoms with Gasteiger partial charge in [0.1, 0.15) is 11.8 Å². The van der Waals surface area contributed by atoms with E-state index in [2.05, 4.69) is 9.97 Å². The first-order chi connectivity index (χ1) is 16.9. The molecule has 0 aliphatic rings. The minimum Gasteiger partial charge on any atom is -0.481 e. The van der Waals surface area contributed by atoms with E-state index in [0.717, 1.165) is 22.0 Å². The van der Waals surface area contributed by atoms with Crippen LogP contribution in [0.5, 0.6) is 0 Å². The number of hydrogen-bond acceptors (Lipinski definition) is 4. The van der Waals surface area contributed by atoms with E-state index in [1.54, 1.807) is 41.0 Å². The molecule has 5 aromatic rings. The summed E-state index contributed by atoms with van der Waals surface area (Å²) in [5.74, 6) is -1.04. The molecule has 5 rings (SSSR count). The lowest BCUT2D eigenvalue weighted by Crippen LogP contribution is -2.31. The number of carboxylic acids is 1. The smallest absolute Gasteiger partial charge is 0.331 e. The number of pyridine rings is 1. The van der Waals surface area contributed by atoms with Crippen molar-refractivity contribution in [2.24, 2.45) is 0 Å². The second-order valence-electron chi connectivity index (χ2n) is 8.62. The molecule has 0 radical (unpaired) electrons. The number of aryl methyl sites for hydroxylation is 1. The van der Waals surface area contributed by atoms with Crippen LogP contribution in [0, 0.1) is 18.3 Å². The number of nitrogens with one attached hydrogen (secondary N) is 1. The van der Waals surface area contributed by atoms with Gasteiger partial charge in [0.05, 0.1) is 24.0 Å². The first kappa shape index (κ1) is 22.2. The van der Waals surface area contributed by atoms with Crippen LogP contribution in [0.3, 0.4) is 0 Å². The fourth-order valence-corrected chi connectivity index (χ4v) is 4.90. The Labute approximate surface area is 200 Å². The Morgan fingerprint density at radius 3 is 2.60 bits per heavy atom. The van der Waals surface area contributed by atoms with Crippen molar-refractivity contribution in [3.63, 3.8) is 0 Å². The summed E-state index contributed by atoms with van der Waals surface area (Å²) in [7, 11) is 0. The van der Waals surface area contributed by atoms with Gasteiger partial charge in [0.15, 0.2) is 5.65 Å². The largest absolute Gasteiger partial charge is 0.481 e. The van der Waals surface area contributed by atoms with Gasteiger partial charge in [0.2, 0.25) is 0 Å². The zero-order chi connectivity index (χ0) is 24.7. The van der Waals surface area contributed by atoms with Gasteiger partial charge in [-0.25, -0.2) is 9.78 Å². The minimum atomic E-state index is -1.04. The van der Waals surface area contributed by atoms with E-state index in [9.17, 15) is 20.0 Å². The number of nitriles is 1. The van der Waals surface area contributed by atoms with Crippen molar-refractivity contribution in [1.82, 2.24) is 19.1 Å². The van der Waals surface area contributed by atoms with Crippen molar-refractivity contribution in [2.45, 2.75) is 32.4 Å². The third-order valence-corrected chi connectivity index (χ3v) is 6.51. The Morgan fingerprint density at radius 2 is 1.89 bits per heavy atom. The van der Waals surface area contributed by atoms with Gasteiger partial charge in [-0.3, -0.25) is 13.9 Å². The molecule has 3 heterocycles. The number of carboxylic acid groups (broad SMARTS) is 1. The molecule has 35 heavy (non-hydrogen) atoms. The second-order valence-corrected chi connectivity index (χ2v) is 8.62. The SMILES string of the molecule is Cc1cccc2[nH]cc(C(C)n3c(=O)n(C(CC(=O)O)c4ccccc4)c4nc(C#N)ccc43)c12. The summed E-state index contributed by atoms with van der Waals surface area (Å²) in [4.78, 5) is 33.6. The van der Waals surface area contributed by atoms with Crippen molar-refractivity contribution in [3.05, 3.63) is 99.7 Å². The molecular weight excluding hydrogens is 442 g/mol. The Morgan fingerprint density at radius 1 is 1.11 bits per heavy atom. The molecule has 2 unspecified atom stereocenters. The lowest BCUT2D eigenvalue weighted by molar-refractivity contribution is -0.137. The predicted octanol–water partition coefficient (Wildman–Crippen LogP) is 4.53. The highest BCUT2D eigenvalue weighted by atomic mass is 16.4. The molecule has 0 aliphatic heterocycles. The Hall–Kier alpha value is -4.64. The molecule has 2 atom stereocenters. The van der Waals surface area contributed by atoms with Crippen LogP contribution in [0.15, 0.2) is 71.7 Å². The van der Waals surface area contributed by atoms with Crippen LogP contribution in [-0.4, -0.2) is 30.2 Å². The van der Waals surface area contributed by atoms with E-state index in [4.69, 9.17) is 0 Å². The standard InChI is InChI=1S/C27H23N5O3/c1-16-7-6-10-21-25(16)20(15-29-21)17(2)31-22-12-11-19(14-28)30-26(22)32(27(31)35)23(13-24(33)34)18-8-4-3-5-9-18/h3-12,15,17,23,29H,13H2,1-2H3,(H,33,34). The summed E-state index contributed by atoms with van der Waals surface area (Å²) in [5.41, 5.74) is 4.27. The first-order valence-electron chi connectivity index (χ1n) is 11.3. The van der Waals surface area contributed by atoms with Gasteiger partial charge in [-0.2, -0.15) is 5.26 Å². The maximum Gasteiger partial charge on any atom is 0.331 e. The number of fused-ring (bicyclic) bond motifs is 2. The molecule has 174 valence electrons. The molecule has 8 heteroatoms. The monoisotopic (exact) mass is 465 g/mol. The topological polar surface area (TPSA) is 117 Å². The number of rotatable bonds is 6. The van der Waals surface area contributed by atoms with Gasteiger partial charge in [0.25, 0.3) is 0 Å². The number of H-pyrrole nitrogens is 1. The molecule has 0 bridgehead atoms. The van der Waals surface area contributed by atoms with Crippen LogP contribution >= 0.6 is 0 Å². The van der Waals surface area contributed by atoms with Gasteiger partial charge < -0.3 is 10.1 Å². The highest BCUT2D eigenvalue weighted by molar-refractivity contribution is 5.87. The molecule has 3 aromatic heterocycles. The van der Waals surface area contributed by atoms with E-state index < -0.39 is 12.0 Å². The number of aromatic amines is 1. The summed E-state index contributed by atoms with van der Waals surface area (Å²) < 4.78 is 3.05. The molecular formula is C27H23N5O3. The van der Waals surface area contributed by atoms with Crippen LogP contribution in [-0.2, 0) is 4.79 Å². The van der Waals surface area contributed by atoms with Crippen molar-refractivity contribution in [1.29, 1.82) is 5.26 Å². The normalized spacial score (nSPS) is 13.1. The van der Waals surface area contributed by atoms with E-state index in [1.807, 2.05) is 50.4 Å². The lowest BCUT2D eigenvalue weighted by Gasteiger charge is -2.17. The summed E-state index contributed by atoms with van der Waals surface area (Å²) in [6.45, 7) is 3.96. The van der Waals surface area contributed by atoms with Gasteiger partial charge in [-0.05, 0) is 43.2 Å². The lowest BCUT2D eigenvalue weighted by atomic mass is 10.0. The molecule has 0 spiro atoms. The molecule has 2 aromatic carbocycles. The van der Waals surface area contributed by atoms with Crippen LogP contribution in [0.2, 0.25) is 0 Å². The first-order valence-corrected chi connectivity index (χ1v) is 11.3. The van der Waals surface area contributed by atoms with Gasteiger partial charge >= 0.3 is 11.7 Å². The summed E-state index contributed by atoms with van der Waals surface area (Å²) in [6.07, 6.45) is 1.60. The molecule has 8 nitrogen and oxygen atoms in total. The van der Waals surface area contributed by atoms with Crippen LogP contribution in [0.1, 0.15) is 47.8 Å². The highest BCUT2D eigenvalue weighted by Gasteiger charge is 2.28. The molecule has 0 saturated carbocycles. The summed E-state index contributed by atoms with van der Waals surface area (Å²) in [6, 6.07) is 19.2. The fraction of sp³-hybridized carbons (Fsp3) is 0.185. The Kier molecular flexibility index (Phi) is 5.46. The number of carbonyl (C=O) groups is 1. The molecule has 0 amide bonds. The van der Waals surface area contributed by atoms with E-state index in [1.165, 1.54) is 4.57 Å². The average molecular weight is 466 g/mol. The highest BCUT2D eigenvalue weighted by Crippen LogP contribution is 2.32. The number of hydrogen-bond donors (Lipinski definition) is 2. The quantitative estimate of drug-likeness (QED) is 0.382.